The van der Waals surface area contributed by atoms with Gasteiger partial charge in [0.25, 0.3) is 5.91 Å². The molecule has 3 rings (SSSR count). The molecule has 102 valence electrons. The number of carbonyl (C=O) groups excluding carboxylic acids is 1. The van der Waals surface area contributed by atoms with Crippen molar-refractivity contribution in [3.05, 3.63) is 35.9 Å². The second-order valence-corrected chi connectivity index (χ2v) is 5.35. The number of nitrogens with one attached hydrogen (secondary N) is 2. The highest BCUT2D eigenvalue weighted by Crippen LogP contribution is 2.36. The summed E-state index contributed by atoms with van der Waals surface area (Å²) in [6, 6.07) is 10.8. The maximum Gasteiger partial charge on any atom is 0.250 e. The van der Waals surface area contributed by atoms with Crippen LogP contribution in [0.2, 0.25) is 0 Å². The largest absolute Gasteiger partial charge is 0.366 e. The molecular formula is C15H20N2O2. The Morgan fingerprint density at radius 1 is 1.26 bits per heavy atom. The van der Waals surface area contributed by atoms with Crippen LogP contribution in [0.1, 0.15) is 24.3 Å². The molecule has 1 aliphatic carbocycles. The molecule has 2 fully saturated rings. The third-order valence-corrected chi connectivity index (χ3v) is 3.98. The first-order chi connectivity index (χ1) is 9.33. The molecule has 1 heterocycles. The fourth-order valence-corrected chi connectivity index (χ4v) is 2.76. The molecule has 1 atom stereocenters. The monoisotopic (exact) mass is 260 g/mol. The molecule has 4 heteroatoms. The molecular weight excluding hydrogens is 240 g/mol. The van der Waals surface area contributed by atoms with E-state index in [0.29, 0.717) is 25.1 Å². The summed E-state index contributed by atoms with van der Waals surface area (Å²) < 4.78 is 5.45. The molecule has 1 aromatic rings. The zero-order chi connectivity index (χ0) is 13.1. The minimum absolute atomic E-state index is 0.0312. The highest BCUT2D eigenvalue weighted by atomic mass is 16.5. The Morgan fingerprint density at radius 2 is 2.05 bits per heavy atom. The summed E-state index contributed by atoms with van der Waals surface area (Å²) >= 11 is 0. The molecule has 1 saturated carbocycles. The SMILES string of the molecule is O=C(NC1CC(c2ccccc2)C1)C1CNCCO1. The van der Waals surface area contributed by atoms with Crippen molar-refractivity contribution >= 4 is 5.91 Å². The van der Waals surface area contributed by atoms with Crippen LogP contribution < -0.4 is 10.6 Å². The Labute approximate surface area is 113 Å². The average molecular weight is 260 g/mol. The van der Waals surface area contributed by atoms with Crippen molar-refractivity contribution in [2.75, 3.05) is 19.7 Å². The predicted molar refractivity (Wildman–Crippen MR) is 73.0 cm³/mol. The van der Waals surface area contributed by atoms with Gasteiger partial charge in [0, 0.05) is 19.1 Å². The van der Waals surface area contributed by atoms with Gasteiger partial charge in [-0.05, 0) is 24.3 Å². The summed E-state index contributed by atoms with van der Waals surface area (Å²) in [6.07, 6.45) is 1.76. The minimum Gasteiger partial charge on any atom is -0.366 e. The van der Waals surface area contributed by atoms with Crippen molar-refractivity contribution in [1.29, 1.82) is 0 Å². The van der Waals surface area contributed by atoms with Crippen LogP contribution in [0, 0.1) is 0 Å². The van der Waals surface area contributed by atoms with Gasteiger partial charge in [0.15, 0.2) is 0 Å². The normalized spacial score (nSPS) is 30.4. The van der Waals surface area contributed by atoms with E-state index in [1.165, 1.54) is 5.56 Å². The summed E-state index contributed by atoms with van der Waals surface area (Å²) in [5.74, 6) is 0.626. The Bertz CT molecular complexity index is 423. The molecule has 19 heavy (non-hydrogen) atoms. The van der Waals surface area contributed by atoms with Crippen molar-refractivity contribution in [3.8, 4) is 0 Å². The van der Waals surface area contributed by atoms with Crippen LogP contribution in [0.4, 0.5) is 0 Å². The molecule has 0 aromatic heterocycles. The Morgan fingerprint density at radius 3 is 2.74 bits per heavy atom. The van der Waals surface area contributed by atoms with Gasteiger partial charge in [0.1, 0.15) is 6.10 Å². The minimum atomic E-state index is -0.315. The molecule has 2 aliphatic rings. The van der Waals surface area contributed by atoms with Crippen LogP contribution in [0.25, 0.3) is 0 Å². The highest BCUT2D eigenvalue weighted by molar-refractivity contribution is 5.81. The average Bonchev–Trinajstić information content (AvgIpc) is 2.44. The molecule has 0 bridgehead atoms. The van der Waals surface area contributed by atoms with Gasteiger partial charge < -0.3 is 15.4 Å². The molecule has 1 aromatic carbocycles. The van der Waals surface area contributed by atoms with E-state index in [9.17, 15) is 4.79 Å². The van der Waals surface area contributed by atoms with E-state index in [-0.39, 0.29) is 12.0 Å². The van der Waals surface area contributed by atoms with E-state index < -0.39 is 0 Å². The molecule has 0 radical (unpaired) electrons. The molecule has 1 aliphatic heterocycles. The van der Waals surface area contributed by atoms with E-state index in [1.54, 1.807) is 0 Å². The lowest BCUT2D eigenvalue weighted by molar-refractivity contribution is -0.135. The number of hydrogen-bond donors (Lipinski definition) is 2. The van der Waals surface area contributed by atoms with Crippen LogP contribution in [0.5, 0.6) is 0 Å². The summed E-state index contributed by atoms with van der Waals surface area (Å²) in [4.78, 5) is 12.0. The number of carbonyl (C=O) groups is 1. The van der Waals surface area contributed by atoms with Gasteiger partial charge in [-0.15, -0.1) is 0 Å². The first-order valence-corrected chi connectivity index (χ1v) is 7.00. The van der Waals surface area contributed by atoms with Gasteiger partial charge in [0.05, 0.1) is 6.61 Å². The number of morpholine rings is 1. The summed E-state index contributed by atoms with van der Waals surface area (Å²) in [7, 11) is 0. The lowest BCUT2D eigenvalue weighted by Crippen LogP contribution is -2.52. The number of benzene rings is 1. The van der Waals surface area contributed by atoms with Gasteiger partial charge in [-0.2, -0.15) is 0 Å². The fourth-order valence-electron chi connectivity index (χ4n) is 2.76. The third-order valence-electron chi connectivity index (χ3n) is 3.98. The summed E-state index contributed by atoms with van der Waals surface area (Å²) in [5.41, 5.74) is 1.38. The van der Waals surface area contributed by atoms with E-state index in [0.717, 1.165) is 19.4 Å². The topological polar surface area (TPSA) is 50.4 Å². The van der Waals surface area contributed by atoms with Crippen LogP contribution in [-0.2, 0) is 9.53 Å². The van der Waals surface area contributed by atoms with Crippen LogP contribution in [0.3, 0.4) is 0 Å². The van der Waals surface area contributed by atoms with E-state index in [4.69, 9.17) is 4.74 Å². The molecule has 1 amide bonds. The smallest absolute Gasteiger partial charge is 0.250 e. The second-order valence-electron chi connectivity index (χ2n) is 5.35. The first-order valence-electron chi connectivity index (χ1n) is 7.00. The van der Waals surface area contributed by atoms with Gasteiger partial charge in [-0.25, -0.2) is 0 Å². The molecule has 0 spiro atoms. The zero-order valence-corrected chi connectivity index (χ0v) is 11.0. The molecule has 4 nitrogen and oxygen atoms in total. The van der Waals surface area contributed by atoms with Crippen molar-refractivity contribution in [3.63, 3.8) is 0 Å². The quantitative estimate of drug-likeness (QED) is 0.853. The lowest BCUT2D eigenvalue weighted by Gasteiger charge is -2.37. The van der Waals surface area contributed by atoms with Gasteiger partial charge in [-0.3, -0.25) is 4.79 Å². The molecule has 1 saturated heterocycles. The Balaban J connectivity index is 1.45. The number of rotatable bonds is 3. The Hall–Kier alpha value is -1.39. The van der Waals surface area contributed by atoms with E-state index >= 15 is 0 Å². The standard InChI is InChI=1S/C15H20N2O2/c18-15(14-10-16-6-7-19-14)17-13-8-12(9-13)11-4-2-1-3-5-11/h1-5,12-14,16H,6-10H2,(H,17,18). The van der Waals surface area contributed by atoms with Crippen LogP contribution in [-0.4, -0.2) is 37.7 Å². The second kappa shape index (κ2) is 5.72. The van der Waals surface area contributed by atoms with Crippen LogP contribution in [0.15, 0.2) is 30.3 Å². The van der Waals surface area contributed by atoms with E-state index in [1.807, 2.05) is 6.07 Å². The van der Waals surface area contributed by atoms with Gasteiger partial charge in [-0.1, -0.05) is 30.3 Å². The van der Waals surface area contributed by atoms with Crippen molar-refractivity contribution in [2.45, 2.75) is 30.9 Å². The van der Waals surface area contributed by atoms with Crippen molar-refractivity contribution < 1.29 is 9.53 Å². The van der Waals surface area contributed by atoms with Gasteiger partial charge in [0.2, 0.25) is 0 Å². The Kier molecular flexibility index (Phi) is 3.80. The van der Waals surface area contributed by atoms with E-state index in [2.05, 4.69) is 34.9 Å². The fraction of sp³-hybridized carbons (Fsp3) is 0.533. The maximum atomic E-state index is 12.0. The van der Waals surface area contributed by atoms with Crippen molar-refractivity contribution in [2.24, 2.45) is 0 Å². The summed E-state index contributed by atoms with van der Waals surface area (Å²) in [5, 5.41) is 6.26. The van der Waals surface area contributed by atoms with Crippen LogP contribution >= 0.6 is 0 Å². The number of amides is 1. The summed E-state index contributed by atoms with van der Waals surface area (Å²) in [6.45, 7) is 2.08. The van der Waals surface area contributed by atoms with Gasteiger partial charge >= 0.3 is 0 Å². The number of ether oxygens (including phenoxy) is 1. The zero-order valence-electron chi connectivity index (χ0n) is 11.0. The molecule has 1 unspecified atom stereocenters. The third kappa shape index (κ3) is 2.96. The number of hydrogen-bond acceptors (Lipinski definition) is 3. The first kappa shape index (κ1) is 12.6. The highest BCUT2D eigenvalue weighted by Gasteiger charge is 2.33. The lowest BCUT2D eigenvalue weighted by atomic mass is 9.76. The predicted octanol–water partition coefficient (Wildman–Crippen LogP) is 1.04. The molecule has 2 N–H and O–H groups in total. The maximum absolute atomic E-state index is 12.0. The van der Waals surface area contributed by atoms with Crippen molar-refractivity contribution in [1.82, 2.24) is 10.6 Å².